The van der Waals surface area contributed by atoms with Gasteiger partial charge in [0.05, 0.1) is 39.3 Å². The molecule has 8 heteroatoms. The standard InChI is InChI=1S/C23H24N4O4/c1-29-18-12-16(13-19(14-18)30-2)22(28)27-23(25-15-17-8-6-7-11-24-17)26-20-9-4-5-10-21(20)31-3/h4-14H,15H2,1-3H3,(H2,25,26,27,28). The Labute approximate surface area is 180 Å². The highest BCUT2D eigenvalue weighted by molar-refractivity contribution is 6.10. The first-order valence-electron chi connectivity index (χ1n) is 9.51. The van der Waals surface area contributed by atoms with Gasteiger partial charge in [-0.2, -0.15) is 0 Å². The van der Waals surface area contributed by atoms with E-state index in [0.717, 1.165) is 5.69 Å². The number of ether oxygens (including phenoxy) is 3. The molecule has 0 aliphatic heterocycles. The maximum Gasteiger partial charge on any atom is 0.258 e. The summed E-state index contributed by atoms with van der Waals surface area (Å²) >= 11 is 0. The first kappa shape index (κ1) is 21.6. The summed E-state index contributed by atoms with van der Waals surface area (Å²) in [6.07, 6.45) is 1.69. The third kappa shape index (κ3) is 5.96. The van der Waals surface area contributed by atoms with Crippen LogP contribution in [0.2, 0.25) is 0 Å². The van der Waals surface area contributed by atoms with Gasteiger partial charge in [0.15, 0.2) is 0 Å². The van der Waals surface area contributed by atoms with E-state index in [2.05, 4.69) is 20.6 Å². The van der Waals surface area contributed by atoms with Gasteiger partial charge in [-0.05, 0) is 36.4 Å². The fourth-order valence-corrected chi connectivity index (χ4v) is 2.76. The van der Waals surface area contributed by atoms with Crippen LogP contribution in [-0.4, -0.2) is 38.2 Å². The largest absolute Gasteiger partial charge is 0.497 e. The Kier molecular flexibility index (Phi) is 7.42. The second-order valence-corrected chi connectivity index (χ2v) is 6.37. The Balaban J connectivity index is 1.87. The van der Waals surface area contributed by atoms with Crippen LogP contribution >= 0.6 is 0 Å². The topological polar surface area (TPSA) is 94.1 Å². The number of aromatic nitrogens is 1. The minimum atomic E-state index is -0.376. The highest BCUT2D eigenvalue weighted by Crippen LogP contribution is 2.24. The molecule has 1 aromatic heterocycles. The summed E-state index contributed by atoms with van der Waals surface area (Å²) < 4.78 is 15.9. The monoisotopic (exact) mass is 420 g/mol. The predicted molar refractivity (Wildman–Crippen MR) is 119 cm³/mol. The molecule has 0 aliphatic carbocycles. The zero-order valence-corrected chi connectivity index (χ0v) is 17.6. The highest BCUT2D eigenvalue weighted by Gasteiger charge is 2.14. The predicted octanol–water partition coefficient (Wildman–Crippen LogP) is 3.51. The second-order valence-electron chi connectivity index (χ2n) is 6.37. The number of benzene rings is 2. The van der Waals surface area contributed by atoms with Crippen molar-refractivity contribution in [1.82, 2.24) is 10.3 Å². The number of pyridine rings is 1. The molecule has 2 N–H and O–H groups in total. The summed E-state index contributed by atoms with van der Waals surface area (Å²) in [6.45, 7) is 0.278. The zero-order chi connectivity index (χ0) is 22.1. The third-order valence-electron chi connectivity index (χ3n) is 4.33. The number of methoxy groups -OCH3 is 3. The number of amides is 1. The van der Waals surface area contributed by atoms with Crippen molar-refractivity contribution in [2.45, 2.75) is 6.54 Å². The number of nitrogens with one attached hydrogen (secondary N) is 2. The van der Waals surface area contributed by atoms with Gasteiger partial charge in [0.2, 0.25) is 5.96 Å². The van der Waals surface area contributed by atoms with Crippen molar-refractivity contribution in [3.05, 3.63) is 78.1 Å². The molecule has 1 amide bonds. The molecule has 0 bridgehead atoms. The quantitative estimate of drug-likeness (QED) is 0.449. The molecule has 0 spiro atoms. The van der Waals surface area contributed by atoms with Crippen LogP contribution in [0.3, 0.4) is 0 Å². The van der Waals surface area contributed by atoms with E-state index in [0.29, 0.717) is 28.5 Å². The van der Waals surface area contributed by atoms with Gasteiger partial charge in [-0.25, -0.2) is 4.99 Å². The van der Waals surface area contributed by atoms with Gasteiger partial charge < -0.3 is 19.5 Å². The van der Waals surface area contributed by atoms with Gasteiger partial charge in [0.1, 0.15) is 17.2 Å². The molecule has 0 radical (unpaired) electrons. The average molecular weight is 420 g/mol. The van der Waals surface area contributed by atoms with Gasteiger partial charge in [-0.3, -0.25) is 15.1 Å². The van der Waals surface area contributed by atoms with E-state index in [1.807, 2.05) is 42.5 Å². The van der Waals surface area contributed by atoms with E-state index in [-0.39, 0.29) is 18.4 Å². The van der Waals surface area contributed by atoms with E-state index >= 15 is 0 Å². The molecule has 3 aromatic rings. The van der Waals surface area contributed by atoms with Crippen LogP contribution in [0.4, 0.5) is 5.69 Å². The Morgan fingerprint density at radius 3 is 2.29 bits per heavy atom. The lowest BCUT2D eigenvalue weighted by Gasteiger charge is -2.15. The number of carbonyl (C=O) groups is 1. The summed E-state index contributed by atoms with van der Waals surface area (Å²) in [4.78, 5) is 21.7. The van der Waals surface area contributed by atoms with Crippen LogP contribution in [0, 0.1) is 0 Å². The summed E-state index contributed by atoms with van der Waals surface area (Å²) in [5.74, 6) is 1.51. The molecule has 31 heavy (non-hydrogen) atoms. The summed E-state index contributed by atoms with van der Waals surface area (Å²) in [5.41, 5.74) is 1.79. The fourth-order valence-electron chi connectivity index (χ4n) is 2.76. The van der Waals surface area contributed by atoms with Gasteiger partial charge in [0.25, 0.3) is 5.91 Å². The van der Waals surface area contributed by atoms with Crippen LogP contribution in [0.15, 0.2) is 71.9 Å². The Bertz CT molecular complexity index is 1030. The maximum absolute atomic E-state index is 13.0. The lowest BCUT2D eigenvalue weighted by molar-refractivity contribution is 0.0976. The average Bonchev–Trinajstić information content (AvgIpc) is 2.83. The molecule has 0 saturated heterocycles. The molecule has 2 aromatic carbocycles. The second kappa shape index (κ2) is 10.6. The minimum Gasteiger partial charge on any atom is -0.497 e. The molecular formula is C23H24N4O4. The van der Waals surface area contributed by atoms with Crippen molar-refractivity contribution in [2.75, 3.05) is 26.6 Å². The van der Waals surface area contributed by atoms with Crippen molar-refractivity contribution in [2.24, 2.45) is 4.99 Å². The number of nitrogens with zero attached hydrogens (tertiary/aromatic N) is 2. The van der Waals surface area contributed by atoms with E-state index in [4.69, 9.17) is 14.2 Å². The zero-order valence-electron chi connectivity index (χ0n) is 17.6. The van der Waals surface area contributed by atoms with Gasteiger partial charge in [-0.1, -0.05) is 18.2 Å². The maximum atomic E-state index is 13.0. The number of hydrogen-bond acceptors (Lipinski definition) is 6. The summed E-state index contributed by atoms with van der Waals surface area (Å²) in [7, 11) is 4.63. The Hall–Kier alpha value is -4.07. The summed E-state index contributed by atoms with van der Waals surface area (Å²) in [6, 6.07) is 17.9. The first-order chi connectivity index (χ1) is 15.1. The van der Waals surface area contributed by atoms with E-state index < -0.39 is 0 Å². The molecule has 0 aliphatic rings. The third-order valence-corrected chi connectivity index (χ3v) is 4.33. The van der Waals surface area contributed by atoms with E-state index in [1.54, 1.807) is 31.5 Å². The van der Waals surface area contributed by atoms with Crippen molar-refractivity contribution >= 4 is 17.6 Å². The van der Waals surface area contributed by atoms with Gasteiger partial charge in [-0.15, -0.1) is 0 Å². The molecule has 8 nitrogen and oxygen atoms in total. The number of para-hydroxylation sites is 2. The number of aliphatic imine (C=N–C) groups is 1. The number of guanidine groups is 1. The number of anilines is 1. The van der Waals surface area contributed by atoms with Crippen LogP contribution < -0.4 is 24.8 Å². The van der Waals surface area contributed by atoms with Crippen molar-refractivity contribution < 1.29 is 19.0 Å². The van der Waals surface area contributed by atoms with Crippen LogP contribution in [0.1, 0.15) is 16.1 Å². The number of hydrogen-bond donors (Lipinski definition) is 2. The van der Waals surface area contributed by atoms with E-state index in [9.17, 15) is 4.79 Å². The molecular weight excluding hydrogens is 396 g/mol. The Morgan fingerprint density at radius 1 is 0.935 bits per heavy atom. The van der Waals surface area contributed by atoms with Crippen molar-refractivity contribution in [1.29, 1.82) is 0 Å². The number of carbonyl (C=O) groups excluding carboxylic acids is 1. The molecule has 0 fully saturated rings. The molecule has 160 valence electrons. The molecule has 1 heterocycles. The van der Waals surface area contributed by atoms with Crippen LogP contribution in [0.5, 0.6) is 17.2 Å². The lowest BCUT2D eigenvalue weighted by Crippen LogP contribution is -2.36. The van der Waals surface area contributed by atoms with Gasteiger partial charge >= 0.3 is 0 Å². The SMILES string of the molecule is COc1cc(OC)cc(C(=O)NC(=NCc2ccccn2)Nc2ccccc2OC)c1. The Morgan fingerprint density at radius 2 is 1.65 bits per heavy atom. The lowest BCUT2D eigenvalue weighted by atomic mass is 10.2. The number of rotatable bonds is 7. The summed E-state index contributed by atoms with van der Waals surface area (Å²) in [5, 5.41) is 5.94. The fraction of sp³-hybridized carbons (Fsp3) is 0.174. The normalized spacial score (nSPS) is 10.9. The van der Waals surface area contributed by atoms with Crippen LogP contribution in [-0.2, 0) is 6.54 Å². The highest BCUT2D eigenvalue weighted by atomic mass is 16.5. The minimum absolute atomic E-state index is 0.252. The molecule has 0 saturated carbocycles. The molecule has 0 unspecified atom stereocenters. The smallest absolute Gasteiger partial charge is 0.258 e. The first-order valence-corrected chi connectivity index (χ1v) is 9.51. The molecule has 3 rings (SSSR count). The van der Waals surface area contributed by atoms with Crippen LogP contribution in [0.25, 0.3) is 0 Å². The van der Waals surface area contributed by atoms with Gasteiger partial charge in [0, 0.05) is 17.8 Å². The van der Waals surface area contributed by atoms with E-state index in [1.165, 1.54) is 14.2 Å². The van der Waals surface area contributed by atoms with Crippen molar-refractivity contribution in [3.8, 4) is 17.2 Å². The molecule has 0 atom stereocenters. The van der Waals surface area contributed by atoms with Crippen molar-refractivity contribution in [3.63, 3.8) is 0 Å².